The van der Waals surface area contributed by atoms with Crippen molar-refractivity contribution in [2.45, 2.75) is 13.8 Å². The van der Waals surface area contributed by atoms with E-state index in [2.05, 4.69) is 31.9 Å². The van der Waals surface area contributed by atoms with Crippen LogP contribution in [0.1, 0.15) is 11.4 Å². The Labute approximate surface area is 125 Å². The zero-order chi connectivity index (χ0) is 14.8. The second-order valence-corrected chi connectivity index (χ2v) is 5.52. The van der Waals surface area contributed by atoms with Gasteiger partial charge in [-0.25, -0.2) is 9.97 Å². The van der Waals surface area contributed by atoms with Crippen LogP contribution in [0.3, 0.4) is 0 Å². The van der Waals surface area contributed by atoms with Crippen LogP contribution >= 0.6 is 0 Å². The lowest BCUT2D eigenvalue weighted by molar-refractivity contribution is 0.638. The molecule has 1 saturated heterocycles. The lowest BCUT2D eigenvalue weighted by Gasteiger charge is -2.36. The van der Waals surface area contributed by atoms with Crippen molar-refractivity contribution in [3.63, 3.8) is 0 Å². The highest BCUT2D eigenvalue weighted by Crippen LogP contribution is 2.20. The van der Waals surface area contributed by atoms with Crippen LogP contribution in [0, 0.1) is 13.8 Å². The van der Waals surface area contributed by atoms with Gasteiger partial charge in [0, 0.05) is 48.9 Å². The summed E-state index contributed by atoms with van der Waals surface area (Å²) in [7, 11) is 0. The summed E-state index contributed by atoms with van der Waals surface area (Å²) < 4.78 is 0. The van der Waals surface area contributed by atoms with Crippen LogP contribution in [-0.4, -0.2) is 36.1 Å². The van der Waals surface area contributed by atoms with Crippen LogP contribution in [0.25, 0.3) is 0 Å². The molecule has 0 bridgehead atoms. The minimum absolute atomic E-state index is 0.807. The number of aromatic nitrogens is 2. The summed E-state index contributed by atoms with van der Waals surface area (Å²) in [6.45, 7) is 7.85. The van der Waals surface area contributed by atoms with Gasteiger partial charge in [0.05, 0.1) is 0 Å². The summed E-state index contributed by atoms with van der Waals surface area (Å²) >= 11 is 0. The molecule has 1 aliphatic rings. The summed E-state index contributed by atoms with van der Waals surface area (Å²) in [6, 6.07) is 10.1. The Morgan fingerprint density at radius 2 is 1.38 bits per heavy atom. The molecule has 0 radical (unpaired) electrons. The van der Waals surface area contributed by atoms with Gasteiger partial charge in [0.15, 0.2) is 0 Å². The Kier molecular flexibility index (Phi) is 3.64. The second kappa shape index (κ2) is 5.60. The number of nitrogens with zero attached hydrogens (tertiary/aromatic N) is 4. The first kappa shape index (κ1) is 13.7. The van der Waals surface area contributed by atoms with Crippen LogP contribution in [0.5, 0.6) is 0 Å². The Hall–Kier alpha value is -2.30. The average molecular weight is 283 g/mol. The second-order valence-electron chi connectivity index (χ2n) is 5.52. The highest BCUT2D eigenvalue weighted by Gasteiger charge is 2.19. The van der Waals surface area contributed by atoms with E-state index < -0.39 is 0 Å². The van der Waals surface area contributed by atoms with Gasteiger partial charge in [0.25, 0.3) is 0 Å². The van der Waals surface area contributed by atoms with E-state index in [1.165, 1.54) is 5.69 Å². The summed E-state index contributed by atoms with van der Waals surface area (Å²) in [5.41, 5.74) is 9.83. The summed E-state index contributed by atoms with van der Waals surface area (Å²) in [5, 5.41) is 0. The molecule has 5 heteroatoms. The quantitative estimate of drug-likeness (QED) is 0.854. The van der Waals surface area contributed by atoms with E-state index in [-0.39, 0.29) is 0 Å². The molecule has 5 nitrogen and oxygen atoms in total. The number of aryl methyl sites for hydroxylation is 2. The molecule has 2 heterocycles. The molecule has 0 saturated carbocycles. The number of nitrogen functional groups attached to an aromatic ring is 1. The van der Waals surface area contributed by atoms with Crippen LogP contribution in [0.15, 0.2) is 30.3 Å². The van der Waals surface area contributed by atoms with E-state index >= 15 is 0 Å². The van der Waals surface area contributed by atoms with Crippen LogP contribution < -0.4 is 15.5 Å². The first-order valence-electron chi connectivity index (χ1n) is 7.29. The van der Waals surface area contributed by atoms with Crippen LogP contribution in [0.4, 0.5) is 17.3 Å². The Balaban J connectivity index is 1.68. The van der Waals surface area contributed by atoms with Gasteiger partial charge >= 0.3 is 0 Å². The van der Waals surface area contributed by atoms with E-state index in [0.717, 1.165) is 49.2 Å². The number of piperazine rings is 1. The molecule has 2 aromatic rings. The molecule has 0 aliphatic carbocycles. The standard InChI is InChI=1S/C16H21N5/c1-12-11-13(2)19-16(18-12)21-9-7-20(8-10-21)15-5-3-14(17)4-6-15/h3-6,11H,7-10,17H2,1-2H3. The first-order valence-corrected chi connectivity index (χ1v) is 7.29. The smallest absolute Gasteiger partial charge is 0.225 e. The van der Waals surface area contributed by atoms with Crippen molar-refractivity contribution in [1.29, 1.82) is 0 Å². The van der Waals surface area contributed by atoms with Gasteiger partial charge in [-0.1, -0.05) is 0 Å². The van der Waals surface area contributed by atoms with Gasteiger partial charge in [0.2, 0.25) is 5.95 Å². The van der Waals surface area contributed by atoms with E-state index in [1.807, 2.05) is 32.0 Å². The molecule has 3 rings (SSSR count). The fraction of sp³-hybridized carbons (Fsp3) is 0.375. The third kappa shape index (κ3) is 3.07. The number of benzene rings is 1. The zero-order valence-electron chi connectivity index (χ0n) is 12.6. The van der Waals surface area contributed by atoms with E-state index in [4.69, 9.17) is 5.73 Å². The van der Waals surface area contributed by atoms with Gasteiger partial charge in [-0.3, -0.25) is 0 Å². The zero-order valence-corrected chi connectivity index (χ0v) is 12.6. The molecule has 0 unspecified atom stereocenters. The minimum atomic E-state index is 0.807. The van der Waals surface area contributed by atoms with Gasteiger partial charge in [-0.05, 0) is 44.2 Å². The number of anilines is 3. The molecular weight excluding hydrogens is 262 g/mol. The molecule has 1 aliphatic heterocycles. The monoisotopic (exact) mass is 283 g/mol. The van der Waals surface area contributed by atoms with Crippen molar-refractivity contribution >= 4 is 17.3 Å². The minimum Gasteiger partial charge on any atom is -0.399 e. The molecule has 21 heavy (non-hydrogen) atoms. The largest absolute Gasteiger partial charge is 0.399 e. The van der Waals surface area contributed by atoms with E-state index in [9.17, 15) is 0 Å². The van der Waals surface area contributed by atoms with Crippen molar-refractivity contribution in [3.05, 3.63) is 41.7 Å². The molecule has 0 spiro atoms. The molecule has 0 amide bonds. The number of hydrogen-bond donors (Lipinski definition) is 1. The highest BCUT2D eigenvalue weighted by molar-refractivity contribution is 5.54. The third-order valence-electron chi connectivity index (χ3n) is 3.79. The highest BCUT2D eigenvalue weighted by atomic mass is 15.3. The van der Waals surface area contributed by atoms with Crippen molar-refractivity contribution in [1.82, 2.24) is 9.97 Å². The van der Waals surface area contributed by atoms with E-state index in [1.54, 1.807) is 0 Å². The van der Waals surface area contributed by atoms with Crippen LogP contribution in [-0.2, 0) is 0 Å². The van der Waals surface area contributed by atoms with E-state index in [0.29, 0.717) is 0 Å². The van der Waals surface area contributed by atoms with Gasteiger partial charge in [-0.15, -0.1) is 0 Å². The maximum atomic E-state index is 5.74. The summed E-state index contributed by atoms with van der Waals surface area (Å²) in [4.78, 5) is 13.7. The van der Waals surface area contributed by atoms with Gasteiger partial charge < -0.3 is 15.5 Å². The van der Waals surface area contributed by atoms with Gasteiger partial charge in [-0.2, -0.15) is 0 Å². The predicted molar refractivity (Wildman–Crippen MR) is 86.8 cm³/mol. The number of hydrogen-bond acceptors (Lipinski definition) is 5. The lowest BCUT2D eigenvalue weighted by Crippen LogP contribution is -2.47. The Morgan fingerprint density at radius 1 is 0.857 bits per heavy atom. The molecule has 0 atom stereocenters. The Morgan fingerprint density at radius 3 is 1.95 bits per heavy atom. The van der Waals surface area contributed by atoms with Gasteiger partial charge in [0.1, 0.15) is 0 Å². The summed E-state index contributed by atoms with van der Waals surface area (Å²) in [5.74, 6) is 0.851. The topological polar surface area (TPSA) is 58.3 Å². The van der Waals surface area contributed by atoms with Crippen LogP contribution in [0.2, 0.25) is 0 Å². The third-order valence-corrected chi connectivity index (χ3v) is 3.79. The molecular formula is C16H21N5. The average Bonchev–Trinajstić information content (AvgIpc) is 2.47. The SMILES string of the molecule is Cc1cc(C)nc(N2CCN(c3ccc(N)cc3)CC2)n1. The fourth-order valence-corrected chi connectivity index (χ4v) is 2.70. The number of nitrogens with two attached hydrogens (primary N) is 1. The van der Waals surface area contributed by atoms with Crippen molar-refractivity contribution < 1.29 is 0 Å². The van der Waals surface area contributed by atoms with Crippen molar-refractivity contribution in [2.24, 2.45) is 0 Å². The molecule has 2 N–H and O–H groups in total. The normalized spacial score (nSPS) is 15.3. The molecule has 110 valence electrons. The van der Waals surface area contributed by atoms with Crippen molar-refractivity contribution in [3.8, 4) is 0 Å². The Bertz CT molecular complexity index is 595. The summed E-state index contributed by atoms with van der Waals surface area (Å²) in [6.07, 6.45) is 0. The molecule has 1 aromatic carbocycles. The fourth-order valence-electron chi connectivity index (χ4n) is 2.70. The molecule has 1 fully saturated rings. The maximum absolute atomic E-state index is 5.74. The number of rotatable bonds is 2. The predicted octanol–water partition coefficient (Wildman–Crippen LogP) is 2.00. The molecule has 1 aromatic heterocycles. The van der Waals surface area contributed by atoms with Crippen molar-refractivity contribution in [2.75, 3.05) is 41.7 Å². The first-order chi connectivity index (χ1) is 10.1. The maximum Gasteiger partial charge on any atom is 0.225 e. The lowest BCUT2D eigenvalue weighted by atomic mass is 10.2.